The van der Waals surface area contributed by atoms with Crippen LogP contribution in [0.15, 0.2) is 18.2 Å². The minimum absolute atomic E-state index is 0.0682. The van der Waals surface area contributed by atoms with E-state index in [1.807, 2.05) is 0 Å². The molecule has 1 unspecified atom stereocenters. The van der Waals surface area contributed by atoms with Crippen molar-refractivity contribution in [2.75, 3.05) is 19.6 Å². The van der Waals surface area contributed by atoms with E-state index in [1.54, 1.807) is 12.1 Å². The first-order chi connectivity index (χ1) is 8.40. The van der Waals surface area contributed by atoms with Gasteiger partial charge in [-0.2, -0.15) is 0 Å². The van der Waals surface area contributed by atoms with Crippen molar-refractivity contribution in [1.82, 2.24) is 10.2 Å². The highest BCUT2D eigenvalue weighted by Gasteiger charge is 2.33. The molecule has 0 spiro atoms. The molecule has 1 saturated heterocycles. The maximum Gasteiger partial charge on any atom is 0.119 e. The molecule has 0 amide bonds. The Labute approximate surface area is 108 Å². The summed E-state index contributed by atoms with van der Waals surface area (Å²) in [5.74, 6) is 0.231. The van der Waals surface area contributed by atoms with Crippen molar-refractivity contribution in [3.8, 4) is 11.5 Å². The average molecular weight is 250 g/mol. The highest BCUT2D eigenvalue weighted by atomic mass is 16.3. The molecule has 1 aliphatic rings. The van der Waals surface area contributed by atoms with Gasteiger partial charge >= 0.3 is 0 Å². The highest BCUT2D eigenvalue weighted by Crippen LogP contribution is 2.32. The lowest BCUT2D eigenvalue weighted by Crippen LogP contribution is -2.58. The van der Waals surface area contributed by atoms with Crippen LogP contribution in [0.25, 0.3) is 0 Å². The van der Waals surface area contributed by atoms with Crippen LogP contribution in [-0.4, -0.2) is 40.3 Å². The van der Waals surface area contributed by atoms with Gasteiger partial charge in [0.05, 0.1) is 0 Å². The van der Waals surface area contributed by atoms with Crippen molar-refractivity contribution >= 4 is 0 Å². The lowest BCUT2D eigenvalue weighted by molar-refractivity contribution is 0.0515. The first-order valence-electron chi connectivity index (χ1n) is 6.40. The van der Waals surface area contributed by atoms with E-state index in [2.05, 4.69) is 31.0 Å². The van der Waals surface area contributed by atoms with Gasteiger partial charge in [-0.25, -0.2) is 0 Å². The Morgan fingerprint density at radius 1 is 1.22 bits per heavy atom. The monoisotopic (exact) mass is 250 g/mol. The Hall–Kier alpha value is -1.26. The number of benzene rings is 1. The summed E-state index contributed by atoms with van der Waals surface area (Å²) in [4.78, 5) is 2.40. The van der Waals surface area contributed by atoms with Crippen LogP contribution >= 0.6 is 0 Å². The molecule has 0 saturated carbocycles. The first-order valence-corrected chi connectivity index (χ1v) is 6.40. The molecule has 2 rings (SSSR count). The van der Waals surface area contributed by atoms with Crippen LogP contribution in [-0.2, 0) is 0 Å². The smallest absolute Gasteiger partial charge is 0.119 e. The van der Waals surface area contributed by atoms with Crippen LogP contribution in [0.1, 0.15) is 32.4 Å². The van der Waals surface area contributed by atoms with Crippen LogP contribution in [0.3, 0.4) is 0 Å². The summed E-state index contributed by atoms with van der Waals surface area (Å²) in [5, 5.41) is 22.6. The summed E-state index contributed by atoms with van der Waals surface area (Å²) >= 11 is 0. The van der Waals surface area contributed by atoms with E-state index < -0.39 is 0 Å². The zero-order valence-corrected chi connectivity index (χ0v) is 11.3. The molecule has 18 heavy (non-hydrogen) atoms. The van der Waals surface area contributed by atoms with Crippen molar-refractivity contribution in [1.29, 1.82) is 0 Å². The van der Waals surface area contributed by atoms with Crippen molar-refractivity contribution in [2.24, 2.45) is 0 Å². The van der Waals surface area contributed by atoms with E-state index in [0.717, 1.165) is 25.2 Å². The fourth-order valence-corrected chi connectivity index (χ4v) is 2.76. The second kappa shape index (κ2) is 4.78. The summed E-state index contributed by atoms with van der Waals surface area (Å²) in [6, 6.07) is 4.98. The molecule has 0 aliphatic carbocycles. The lowest BCUT2D eigenvalue weighted by atomic mass is 9.95. The van der Waals surface area contributed by atoms with Gasteiger partial charge in [0.1, 0.15) is 11.5 Å². The summed E-state index contributed by atoms with van der Waals surface area (Å²) in [6.45, 7) is 9.41. The minimum Gasteiger partial charge on any atom is -0.508 e. The first kappa shape index (κ1) is 13.2. The number of phenols is 2. The Bertz CT molecular complexity index is 412. The van der Waals surface area contributed by atoms with Crippen LogP contribution in [0, 0.1) is 0 Å². The molecule has 1 heterocycles. The van der Waals surface area contributed by atoms with Gasteiger partial charge in [-0.3, -0.25) is 4.90 Å². The van der Waals surface area contributed by atoms with Crippen molar-refractivity contribution < 1.29 is 10.2 Å². The van der Waals surface area contributed by atoms with Gasteiger partial charge in [0, 0.05) is 37.3 Å². The van der Waals surface area contributed by atoms with E-state index in [1.165, 1.54) is 6.07 Å². The molecule has 0 radical (unpaired) electrons. The van der Waals surface area contributed by atoms with Crippen molar-refractivity contribution in [3.05, 3.63) is 23.8 Å². The number of phenolic OH excluding ortho intramolecular Hbond substituents is 2. The van der Waals surface area contributed by atoms with Gasteiger partial charge in [0.25, 0.3) is 0 Å². The minimum atomic E-state index is 0.0682. The third kappa shape index (κ3) is 2.60. The standard InChI is InChI=1S/C14H22N2O2/c1-10(11-6-12(17)8-13(18)7-11)16-5-4-15-9-14(16,2)3/h6-8,10,15,17-18H,4-5,9H2,1-3H3. The molecule has 1 aliphatic heterocycles. The molecule has 1 aromatic rings. The number of piperazine rings is 1. The molecule has 4 nitrogen and oxygen atoms in total. The lowest BCUT2D eigenvalue weighted by Gasteiger charge is -2.46. The molecular weight excluding hydrogens is 228 g/mol. The average Bonchev–Trinajstić information content (AvgIpc) is 2.26. The van der Waals surface area contributed by atoms with E-state index in [0.29, 0.717) is 0 Å². The van der Waals surface area contributed by atoms with Gasteiger partial charge in [0.15, 0.2) is 0 Å². The number of aromatic hydroxyl groups is 2. The fourth-order valence-electron chi connectivity index (χ4n) is 2.76. The second-order valence-corrected chi connectivity index (χ2v) is 5.64. The Morgan fingerprint density at radius 3 is 2.39 bits per heavy atom. The molecule has 0 bridgehead atoms. The Morgan fingerprint density at radius 2 is 1.83 bits per heavy atom. The van der Waals surface area contributed by atoms with Gasteiger partial charge in [-0.15, -0.1) is 0 Å². The predicted octanol–water partition coefficient (Wildman–Crippen LogP) is 1.84. The molecule has 0 aromatic heterocycles. The van der Waals surface area contributed by atoms with Gasteiger partial charge in [-0.1, -0.05) is 0 Å². The number of hydrogen-bond donors (Lipinski definition) is 3. The largest absolute Gasteiger partial charge is 0.508 e. The molecule has 1 aromatic carbocycles. The third-order valence-corrected chi connectivity index (χ3v) is 3.74. The number of nitrogens with one attached hydrogen (secondary N) is 1. The van der Waals surface area contributed by atoms with Crippen molar-refractivity contribution in [2.45, 2.75) is 32.4 Å². The van der Waals surface area contributed by atoms with Gasteiger partial charge in [0.2, 0.25) is 0 Å². The summed E-state index contributed by atoms with van der Waals surface area (Å²) in [7, 11) is 0. The Balaban J connectivity index is 2.26. The van der Waals surface area contributed by atoms with Crippen LogP contribution < -0.4 is 5.32 Å². The van der Waals surface area contributed by atoms with Gasteiger partial charge in [-0.05, 0) is 38.5 Å². The molecule has 4 heteroatoms. The number of rotatable bonds is 2. The van der Waals surface area contributed by atoms with Crippen LogP contribution in [0.5, 0.6) is 11.5 Å². The zero-order chi connectivity index (χ0) is 13.3. The van der Waals surface area contributed by atoms with Crippen LogP contribution in [0.4, 0.5) is 0 Å². The van der Waals surface area contributed by atoms with E-state index in [9.17, 15) is 10.2 Å². The number of nitrogens with zero attached hydrogens (tertiary/aromatic N) is 1. The quantitative estimate of drug-likeness (QED) is 0.749. The normalized spacial score (nSPS) is 21.7. The van der Waals surface area contributed by atoms with Gasteiger partial charge < -0.3 is 15.5 Å². The molecule has 1 fully saturated rings. The SMILES string of the molecule is CC(c1cc(O)cc(O)c1)N1CCNCC1(C)C. The summed E-state index contributed by atoms with van der Waals surface area (Å²) < 4.78 is 0. The maximum atomic E-state index is 9.58. The molecule has 100 valence electrons. The molecule has 3 N–H and O–H groups in total. The molecule has 1 atom stereocenters. The van der Waals surface area contributed by atoms with E-state index in [4.69, 9.17) is 0 Å². The highest BCUT2D eigenvalue weighted by molar-refractivity contribution is 5.38. The fraction of sp³-hybridized carbons (Fsp3) is 0.571. The predicted molar refractivity (Wildman–Crippen MR) is 71.8 cm³/mol. The van der Waals surface area contributed by atoms with E-state index in [-0.39, 0.29) is 23.1 Å². The summed E-state index contributed by atoms with van der Waals surface area (Å²) in [6.07, 6.45) is 0. The van der Waals surface area contributed by atoms with Crippen LogP contribution in [0.2, 0.25) is 0 Å². The third-order valence-electron chi connectivity index (χ3n) is 3.74. The zero-order valence-electron chi connectivity index (χ0n) is 11.3. The molecular formula is C14H22N2O2. The van der Waals surface area contributed by atoms with Crippen molar-refractivity contribution in [3.63, 3.8) is 0 Å². The Kier molecular flexibility index (Phi) is 3.50. The topological polar surface area (TPSA) is 55.7 Å². The number of hydrogen-bond acceptors (Lipinski definition) is 4. The van der Waals surface area contributed by atoms with E-state index >= 15 is 0 Å². The maximum absolute atomic E-state index is 9.58. The summed E-state index contributed by atoms with van der Waals surface area (Å²) in [5.41, 5.74) is 1.01. The second-order valence-electron chi connectivity index (χ2n) is 5.64.